The van der Waals surface area contributed by atoms with E-state index >= 15 is 0 Å². The predicted molar refractivity (Wildman–Crippen MR) is 91.3 cm³/mol. The van der Waals surface area contributed by atoms with Crippen LogP contribution in [0.15, 0.2) is 42.5 Å². The van der Waals surface area contributed by atoms with Crippen LogP contribution in [0.5, 0.6) is 5.75 Å². The Kier molecular flexibility index (Phi) is 5.76. The van der Waals surface area contributed by atoms with E-state index in [2.05, 4.69) is 5.32 Å². The highest BCUT2D eigenvalue weighted by atomic mass is 35.5. The lowest BCUT2D eigenvalue weighted by Crippen LogP contribution is -2.31. The number of hydrogen-bond donors (Lipinski definition) is 1. The Hall–Kier alpha value is -2.60. The molecular formula is C17H17ClN2O4. The minimum absolute atomic E-state index is 0.0612. The number of nitrogens with one attached hydrogen (secondary N) is 1. The average Bonchev–Trinajstić information content (AvgIpc) is 2.53. The van der Waals surface area contributed by atoms with E-state index in [0.717, 1.165) is 11.1 Å². The zero-order valence-corrected chi connectivity index (χ0v) is 14.0. The predicted octanol–water partition coefficient (Wildman–Crippen LogP) is 3.81. The number of halogens is 1. The number of nitrogens with zero attached hydrogens (tertiary/aromatic N) is 1. The smallest absolute Gasteiger partial charge is 0.311 e. The molecule has 24 heavy (non-hydrogen) atoms. The lowest BCUT2D eigenvalue weighted by Gasteiger charge is -2.16. The normalized spacial score (nSPS) is 11.6. The second kappa shape index (κ2) is 7.79. The van der Waals surface area contributed by atoms with Gasteiger partial charge >= 0.3 is 5.69 Å². The maximum atomic E-state index is 12.0. The first-order chi connectivity index (χ1) is 11.4. The number of amides is 1. The molecule has 0 aromatic heterocycles. The molecule has 0 aliphatic carbocycles. The second-order valence-corrected chi connectivity index (χ2v) is 5.73. The van der Waals surface area contributed by atoms with Crippen LogP contribution in [-0.2, 0) is 4.79 Å². The summed E-state index contributed by atoms with van der Waals surface area (Å²) in [6.07, 6.45) is 0. The van der Waals surface area contributed by atoms with E-state index in [1.807, 2.05) is 12.1 Å². The first-order valence-corrected chi connectivity index (χ1v) is 7.68. The van der Waals surface area contributed by atoms with Crippen LogP contribution in [0.4, 0.5) is 5.69 Å². The summed E-state index contributed by atoms with van der Waals surface area (Å²) >= 11 is 6.09. The van der Waals surface area contributed by atoms with Gasteiger partial charge in [0.15, 0.2) is 12.4 Å². The Labute approximate surface area is 144 Å². The molecule has 126 valence electrons. The van der Waals surface area contributed by atoms with Crippen molar-refractivity contribution in [1.82, 2.24) is 5.32 Å². The van der Waals surface area contributed by atoms with Gasteiger partial charge in [0.2, 0.25) is 0 Å². The molecule has 0 saturated heterocycles. The molecule has 2 rings (SSSR count). The van der Waals surface area contributed by atoms with Crippen LogP contribution in [0.3, 0.4) is 0 Å². The van der Waals surface area contributed by atoms with E-state index in [4.69, 9.17) is 16.3 Å². The maximum absolute atomic E-state index is 12.0. The number of carbonyl (C=O) groups is 1. The minimum Gasteiger partial charge on any atom is -0.477 e. The average molecular weight is 349 g/mol. The highest BCUT2D eigenvalue weighted by Gasteiger charge is 2.17. The summed E-state index contributed by atoms with van der Waals surface area (Å²) in [5.41, 5.74) is 1.36. The molecule has 0 radical (unpaired) electrons. The van der Waals surface area contributed by atoms with E-state index < -0.39 is 10.8 Å². The van der Waals surface area contributed by atoms with E-state index in [-0.39, 0.29) is 24.1 Å². The summed E-state index contributed by atoms with van der Waals surface area (Å²) in [5, 5.41) is 14.3. The zero-order valence-electron chi connectivity index (χ0n) is 13.3. The molecule has 7 heteroatoms. The van der Waals surface area contributed by atoms with E-state index in [0.29, 0.717) is 5.02 Å². The van der Waals surface area contributed by atoms with Crippen molar-refractivity contribution >= 4 is 23.2 Å². The van der Waals surface area contributed by atoms with Crippen molar-refractivity contribution in [3.63, 3.8) is 0 Å². The standard InChI is InChI=1S/C17H17ClN2O4/c1-11-7-8-16(15(9-11)20(22)23)24-10-17(21)19-12(2)13-5-3-4-6-14(13)18/h3-9,12H,10H2,1-2H3,(H,19,21). The fraction of sp³-hybridized carbons (Fsp3) is 0.235. The summed E-state index contributed by atoms with van der Waals surface area (Å²) in [5.74, 6) is -0.330. The van der Waals surface area contributed by atoms with Crippen LogP contribution in [0.2, 0.25) is 5.02 Å². The number of aryl methyl sites for hydroxylation is 1. The van der Waals surface area contributed by atoms with Gasteiger partial charge in [-0.1, -0.05) is 35.9 Å². The number of nitro groups is 1. The summed E-state index contributed by atoms with van der Waals surface area (Å²) in [4.78, 5) is 22.5. The Morgan fingerprint density at radius 2 is 2.04 bits per heavy atom. The van der Waals surface area contributed by atoms with Gasteiger partial charge in [-0.15, -0.1) is 0 Å². The van der Waals surface area contributed by atoms with E-state index in [9.17, 15) is 14.9 Å². The molecule has 0 saturated carbocycles. The van der Waals surface area contributed by atoms with Gasteiger partial charge in [0.05, 0.1) is 11.0 Å². The fourth-order valence-corrected chi connectivity index (χ4v) is 2.52. The van der Waals surface area contributed by atoms with Crippen LogP contribution in [0.25, 0.3) is 0 Å². The van der Waals surface area contributed by atoms with Crippen LogP contribution >= 0.6 is 11.6 Å². The highest BCUT2D eigenvalue weighted by molar-refractivity contribution is 6.31. The highest BCUT2D eigenvalue weighted by Crippen LogP contribution is 2.27. The Morgan fingerprint density at radius 1 is 1.33 bits per heavy atom. The van der Waals surface area contributed by atoms with Gasteiger partial charge in [-0.05, 0) is 37.1 Å². The summed E-state index contributed by atoms with van der Waals surface area (Å²) in [7, 11) is 0. The molecule has 0 bridgehead atoms. The number of ether oxygens (including phenoxy) is 1. The van der Waals surface area contributed by atoms with Gasteiger partial charge in [0, 0.05) is 11.1 Å². The molecule has 2 aromatic rings. The second-order valence-electron chi connectivity index (χ2n) is 5.33. The summed E-state index contributed by atoms with van der Waals surface area (Å²) in [6.45, 7) is 3.22. The van der Waals surface area contributed by atoms with Crippen molar-refractivity contribution in [2.45, 2.75) is 19.9 Å². The van der Waals surface area contributed by atoms with Crippen LogP contribution in [0, 0.1) is 17.0 Å². The van der Waals surface area contributed by atoms with Gasteiger partial charge in [0.25, 0.3) is 5.91 Å². The number of nitro benzene ring substituents is 1. The minimum atomic E-state index is -0.535. The van der Waals surface area contributed by atoms with Gasteiger partial charge in [-0.25, -0.2) is 0 Å². The number of carbonyl (C=O) groups excluding carboxylic acids is 1. The topological polar surface area (TPSA) is 81.5 Å². The van der Waals surface area contributed by atoms with Crippen LogP contribution in [0.1, 0.15) is 24.1 Å². The first kappa shape index (κ1) is 17.7. The fourth-order valence-electron chi connectivity index (χ4n) is 2.22. The van der Waals surface area contributed by atoms with Gasteiger partial charge < -0.3 is 10.1 Å². The summed E-state index contributed by atoms with van der Waals surface area (Å²) < 4.78 is 5.30. The third-order valence-corrected chi connectivity index (χ3v) is 3.76. The molecule has 0 fully saturated rings. The van der Waals surface area contributed by atoms with E-state index in [1.54, 1.807) is 32.0 Å². The first-order valence-electron chi connectivity index (χ1n) is 7.30. The molecule has 1 amide bonds. The molecule has 0 aliphatic heterocycles. The van der Waals surface area contributed by atoms with E-state index in [1.165, 1.54) is 12.1 Å². The van der Waals surface area contributed by atoms with Crippen molar-refractivity contribution in [2.24, 2.45) is 0 Å². The molecule has 1 atom stereocenters. The number of benzene rings is 2. The monoisotopic (exact) mass is 348 g/mol. The zero-order chi connectivity index (χ0) is 17.7. The molecule has 0 heterocycles. The lowest BCUT2D eigenvalue weighted by molar-refractivity contribution is -0.385. The van der Waals surface area contributed by atoms with Gasteiger partial charge in [0.1, 0.15) is 0 Å². The van der Waals surface area contributed by atoms with Gasteiger partial charge in [-0.3, -0.25) is 14.9 Å². The molecular weight excluding hydrogens is 332 g/mol. The van der Waals surface area contributed by atoms with Crippen LogP contribution in [-0.4, -0.2) is 17.4 Å². The number of hydrogen-bond acceptors (Lipinski definition) is 4. The van der Waals surface area contributed by atoms with Crippen molar-refractivity contribution in [1.29, 1.82) is 0 Å². The third kappa shape index (κ3) is 4.45. The third-order valence-electron chi connectivity index (χ3n) is 3.42. The lowest BCUT2D eigenvalue weighted by atomic mass is 10.1. The van der Waals surface area contributed by atoms with Crippen LogP contribution < -0.4 is 10.1 Å². The molecule has 1 N–H and O–H groups in total. The maximum Gasteiger partial charge on any atom is 0.311 e. The van der Waals surface area contributed by atoms with Crippen molar-refractivity contribution in [3.8, 4) is 5.75 Å². The molecule has 0 aliphatic rings. The SMILES string of the molecule is Cc1ccc(OCC(=O)NC(C)c2ccccc2Cl)c([N+](=O)[O-])c1. The Morgan fingerprint density at radius 3 is 2.71 bits per heavy atom. The van der Waals surface area contributed by atoms with Crippen molar-refractivity contribution < 1.29 is 14.5 Å². The van der Waals surface area contributed by atoms with Crippen molar-refractivity contribution in [2.75, 3.05) is 6.61 Å². The quantitative estimate of drug-likeness (QED) is 0.635. The molecule has 0 spiro atoms. The molecule has 2 aromatic carbocycles. The Bertz CT molecular complexity index is 764. The Balaban J connectivity index is 1.99. The molecule has 1 unspecified atom stereocenters. The largest absolute Gasteiger partial charge is 0.477 e. The van der Waals surface area contributed by atoms with Crippen molar-refractivity contribution in [3.05, 3.63) is 68.7 Å². The number of rotatable bonds is 6. The molecule has 6 nitrogen and oxygen atoms in total. The van der Waals surface area contributed by atoms with Gasteiger partial charge in [-0.2, -0.15) is 0 Å². The summed E-state index contributed by atoms with van der Waals surface area (Å²) in [6, 6.07) is 11.5.